The zero-order valence-electron chi connectivity index (χ0n) is 71.4. The number of nitrogens with zero attached hydrogens (tertiary/aromatic N) is 4. The monoisotopic (exact) mass is 1740 g/mol. The molecule has 614 valence electrons. The second kappa shape index (κ2) is 60.3. The van der Waals surface area contributed by atoms with Gasteiger partial charge in [-0.1, -0.05) is 490 Å². The van der Waals surface area contributed by atoms with Gasteiger partial charge in [0, 0.05) is 29.1 Å². The topological polar surface area (TPSA) is 51.6 Å². The first-order chi connectivity index (χ1) is 53.5. The molecule has 5 aromatic rings. The molecule has 0 fully saturated rings. The van der Waals surface area contributed by atoms with Crippen molar-refractivity contribution in [3.05, 3.63) is 53.7 Å². The molecule has 0 unspecified atom stereocenters. The third kappa shape index (κ3) is 33.8. The van der Waals surface area contributed by atoms with Crippen molar-refractivity contribution in [2.24, 2.45) is 0 Å². The molecule has 8 heteroatoms. The van der Waals surface area contributed by atoms with Crippen LogP contribution in [0.15, 0.2) is 24.3 Å². The number of unbranched alkanes of at least 4 members (excludes halogenated alkanes) is 68. The second-order valence-corrected chi connectivity index (χ2v) is 39.0. The summed E-state index contributed by atoms with van der Waals surface area (Å²) in [6.07, 6.45) is 107. The molecule has 0 spiro atoms. The lowest BCUT2D eigenvalue weighted by molar-refractivity contribution is 0.393. The largest absolute Gasteiger partial charge is 0.172 e. The smallest absolute Gasteiger partial charge is 0.118 e. The molecule has 0 saturated carbocycles. The average molecular weight is 1740 g/mol. The molecule has 2 aromatic heterocycles. The number of benzene rings is 3. The molecular formula is C100H168I2N4S2. The Balaban J connectivity index is 1.06. The van der Waals surface area contributed by atoms with Crippen LogP contribution in [0.25, 0.3) is 44.3 Å². The van der Waals surface area contributed by atoms with Crippen LogP contribution < -0.4 is 0 Å². The summed E-state index contributed by atoms with van der Waals surface area (Å²) in [5.74, 6) is 0. The Kier molecular flexibility index (Phi) is 52.4. The first kappa shape index (κ1) is 93.9. The van der Waals surface area contributed by atoms with Crippen LogP contribution in [0.4, 0.5) is 0 Å². The molecule has 2 aliphatic rings. The van der Waals surface area contributed by atoms with E-state index in [2.05, 4.69) is 97.1 Å². The first-order valence-corrected chi connectivity index (χ1v) is 52.2. The van der Waals surface area contributed by atoms with Gasteiger partial charge in [-0.3, -0.25) is 0 Å². The molecule has 4 nitrogen and oxygen atoms in total. The van der Waals surface area contributed by atoms with E-state index in [4.69, 9.17) is 17.5 Å². The highest BCUT2D eigenvalue weighted by atomic mass is 127. The maximum absolute atomic E-state index is 5.37. The molecule has 3 aromatic carbocycles. The van der Waals surface area contributed by atoms with Crippen molar-refractivity contribution in [3.63, 3.8) is 0 Å². The minimum atomic E-state index is -0.0595. The van der Waals surface area contributed by atoms with Crippen LogP contribution in [0, 0.1) is 7.14 Å². The Hall–Kier alpha value is -1.24. The van der Waals surface area contributed by atoms with E-state index in [0.717, 1.165) is 11.0 Å². The molecule has 2 heterocycles. The van der Waals surface area contributed by atoms with Gasteiger partial charge in [-0.2, -0.15) is 17.5 Å². The molecular weight excluding hydrogens is 1580 g/mol. The molecule has 0 amide bonds. The summed E-state index contributed by atoms with van der Waals surface area (Å²) in [4.78, 5) is 0. The van der Waals surface area contributed by atoms with E-state index in [9.17, 15) is 0 Å². The van der Waals surface area contributed by atoms with Gasteiger partial charge in [-0.05, 0) is 129 Å². The Bertz CT molecular complexity index is 2730. The number of hydrogen-bond donors (Lipinski definition) is 0. The van der Waals surface area contributed by atoms with Crippen LogP contribution in [-0.4, -0.2) is 17.5 Å². The van der Waals surface area contributed by atoms with Crippen LogP contribution in [0.2, 0.25) is 0 Å². The van der Waals surface area contributed by atoms with Crippen molar-refractivity contribution in [2.75, 3.05) is 0 Å². The quantitative estimate of drug-likeness (QED) is 0.0288. The zero-order valence-corrected chi connectivity index (χ0v) is 77.4. The minimum absolute atomic E-state index is 0.0595. The number of halogens is 2. The lowest BCUT2D eigenvalue weighted by Gasteiger charge is -2.35. The molecule has 2 aliphatic carbocycles. The van der Waals surface area contributed by atoms with Crippen LogP contribution >= 0.6 is 68.6 Å². The van der Waals surface area contributed by atoms with Crippen LogP contribution in [0.5, 0.6) is 0 Å². The Morgan fingerprint density at radius 2 is 0.361 bits per heavy atom. The lowest BCUT2D eigenvalue weighted by Crippen LogP contribution is -2.27. The van der Waals surface area contributed by atoms with Gasteiger partial charge in [0.05, 0.1) is 23.5 Å². The molecule has 0 N–H and O–H groups in total. The Morgan fingerprint density at radius 3 is 0.537 bits per heavy atom. The fourth-order valence-corrected chi connectivity index (χ4v) is 22.7. The van der Waals surface area contributed by atoms with Crippen molar-refractivity contribution in [2.45, 2.75) is 527 Å². The van der Waals surface area contributed by atoms with E-state index in [-0.39, 0.29) is 10.8 Å². The number of rotatable bonds is 76. The summed E-state index contributed by atoms with van der Waals surface area (Å²) >= 11 is 8.21. The summed E-state index contributed by atoms with van der Waals surface area (Å²) in [7, 11) is 0. The molecule has 0 radical (unpaired) electrons. The predicted octanol–water partition coefficient (Wildman–Crippen LogP) is 37.2. The fourth-order valence-electron chi connectivity index (χ4n) is 19.8. The third-order valence-electron chi connectivity index (χ3n) is 26.6. The average Bonchev–Trinajstić information content (AvgIpc) is 1.52. The Labute approximate surface area is 704 Å². The summed E-state index contributed by atoms with van der Waals surface area (Å²) in [6, 6.07) is 11.0. The van der Waals surface area contributed by atoms with Crippen LogP contribution in [0.1, 0.15) is 538 Å². The lowest BCUT2D eigenvalue weighted by atomic mass is 9.68. The standard InChI is InChI=1S/C100H168I2N4S2/c1-5-9-13-17-21-25-29-33-37-41-45-49-53-57-61-65-69-73-77-99(78-74-70-66-62-58-54-50-46-42-38-34-30-26-22-18-14-10-6-2)87-81-86-88(82-85(87)93-89(99)83-91(101)95-97(93)105-107-103-95)100(90-84-92(102)96-98(94(86)90)106-108-104-96,79-75-71-67-63-59-55-51-47-43-39-35-31-27-23-19-15-11-7-3)80-76-72-68-64-60-56-52-48-44-40-36-32-28-24-20-16-12-8-4/h81-84H,5-80H2,1-4H3. The van der Waals surface area contributed by atoms with Gasteiger partial charge in [-0.15, -0.1) is 0 Å². The van der Waals surface area contributed by atoms with Gasteiger partial charge >= 0.3 is 0 Å². The van der Waals surface area contributed by atoms with E-state index in [1.165, 1.54) is 552 Å². The highest BCUT2D eigenvalue weighted by molar-refractivity contribution is 14.1. The molecule has 0 aliphatic heterocycles. The van der Waals surface area contributed by atoms with Gasteiger partial charge in [0.15, 0.2) is 0 Å². The maximum atomic E-state index is 5.37. The van der Waals surface area contributed by atoms with Crippen LogP contribution in [-0.2, 0) is 10.8 Å². The van der Waals surface area contributed by atoms with Gasteiger partial charge < -0.3 is 0 Å². The van der Waals surface area contributed by atoms with E-state index >= 15 is 0 Å². The normalized spacial score (nSPS) is 13.5. The van der Waals surface area contributed by atoms with E-state index in [0.29, 0.717) is 0 Å². The van der Waals surface area contributed by atoms with Crippen molar-refractivity contribution in [3.8, 4) is 22.3 Å². The minimum Gasteiger partial charge on any atom is -0.172 e. The molecule has 0 atom stereocenters. The van der Waals surface area contributed by atoms with Gasteiger partial charge in [-0.25, -0.2) is 0 Å². The Morgan fingerprint density at radius 1 is 0.204 bits per heavy atom. The van der Waals surface area contributed by atoms with Crippen molar-refractivity contribution >= 4 is 90.7 Å². The highest BCUT2D eigenvalue weighted by Gasteiger charge is 2.50. The summed E-state index contributed by atoms with van der Waals surface area (Å²) < 4.78 is 23.6. The van der Waals surface area contributed by atoms with E-state index in [1.54, 1.807) is 22.3 Å². The third-order valence-corrected chi connectivity index (χ3v) is 29.3. The number of fused-ring (bicyclic) bond motifs is 10. The van der Waals surface area contributed by atoms with Gasteiger partial charge in [0.25, 0.3) is 0 Å². The molecule has 108 heavy (non-hydrogen) atoms. The van der Waals surface area contributed by atoms with Gasteiger partial charge in [0.1, 0.15) is 22.1 Å². The molecule has 0 bridgehead atoms. The zero-order chi connectivity index (χ0) is 75.9. The highest BCUT2D eigenvalue weighted by Crippen LogP contribution is 2.63. The molecule has 7 rings (SSSR count). The maximum Gasteiger partial charge on any atom is 0.118 e. The predicted molar refractivity (Wildman–Crippen MR) is 500 cm³/mol. The fraction of sp³-hybridized carbons (Fsp3) is 0.820. The summed E-state index contributed by atoms with van der Waals surface area (Å²) in [6.45, 7) is 9.32. The number of hydrogen-bond acceptors (Lipinski definition) is 6. The first-order valence-electron chi connectivity index (χ1n) is 48.6. The van der Waals surface area contributed by atoms with Crippen molar-refractivity contribution in [1.82, 2.24) is 17.5 Å². The summed E-state index contributed by atoms with van der Waals surface area (Å²) in [5, 5.41) is 0. The number of aromatic nitrogens is 4. The SMILES string of the molecule is CCCCCCCCCCCCCCCCCCCCC1(CCCCCCCCCCCCCCCCCCCC)c2cc3c(cc2-c2c1cc(I)c1nsnc21)C(CCCCCCCCCCCCCCCCCCCC)(CCCCCCCCCCCCCCCCCCCC)c1cc(I)c2nsnc2c1-3. The second-order valence-electron chi connectivity index (χ2n) is 35.6. The molecule has 0 saturated heterocycles. The van der Waals surface area contributed by atoms with Crippen LogP contribution in [0.3, 0.4) is 0 Å². The summed E-state index contributed by atoms with van der Waals surface area (Å²) in [5.41, 5.74) is 16.8. The van der Waals surface area contributed by atoms with Crippen molar-refractivity contribution < 1.29 is 0 Å². The van der Waals surface area contributed by atoms with Crippen molar-refractivity contribution in [1.29, 1.82) is 0 Å². The van der Waals surface area contributed by atoms with E-state index < -0.39 is 0 Å². The van der Waals surface area contributed by atoms with Gasteiger partial charge in [0.2, 0.25) is 0 Å². The van der Waals surface area contributed by atoms with E-state index in [1.807, 2.05) is 0 Å².